The quantitative estimate of drug-likeness (QED) is 0.449. The summed E-state index contributed by atoms with van der Waals surface area (Å²) in [7, 11) is 0. The summed E-state index contributed by atoms with van der Waals surface area (Å²) >= 11 is 0. The first kappa shape index (κ1) is 15.8. The second-order valence-corrected chi connectivity index (χ2v) is 5.92. The summed E-state index contributed by atoms with van der Waals surface area (Å²) in [4.78, 5) is 27.6. The van der Waals surface area contributed by atoms with Crippen LogP contribution < -0.4 is 5.56 Å². The number of nitrogens with zero attached hydrogens (tertiary/aromatic N) is 3. The zero-order valence-corrected chi connectivity index (χ0v) is 13.8. The molecular formula is C18H14N4O4. The number of hydrogen-bond donors (Lipinski definition) is 1. The van der Waals surface area contributed by atoms with Crippen molar-refractivity contribution < 1.29 is 9.34 Å². The predicted octanol–water partition coefficient (Wildman–Crippen LogP) is 3.11. The molecule has 4 rings (SSSR count). The first-order chi connectivity index (χ1) is 12.5. The maximum Gasteiger partial charge on any atom is 0.325 e. The number of para-hydroxylation sites is 2. The van der Waals surface area contributed by atoms with Crippen LogP contribution in [0.4, 0.5) is 5.69 Å². The van der Waals surface area contributed by atoms with Crippen LogP contribution in [0.25, 0.3) is 17.1 Å². The third kappa shape index (κ3) is 2.67. The van der Waals surface area contributed by atoms with E-state index < -0.39 is 4.92 Å². The molecule has 4 aromatic rings. The average molecular weight is 350 g/mol. The van der Waals surface area contributed by atoms with Gasteiger partial charge >= 0.3 is 6.01 Å². The highest BCUT2D eigenvalue weighted by molar-refractivity contribution is 5.73. The van der Waals surface area contributed by atoms with Gasteiger partial charge < -0.3 is 4.42 Å². The van der Waals surface area contributed by atoms with Crippen LogP contribution in [0.3, 0.4) is 0 Å². The van der Waals surface area contributed by atoms with E-state index in [1.807, 2.05) is 12.1 Å². The van der Waals surface area contributed by atoms with Crippen LogP contribution in [-0.4, -0.2) is 19.7 Å². The lowest BCUT2D eigenvalue weighted by atomic mass is 10.1. The molecule has 0 fully saturated rings. The Kier molecular flexibility index (Phi) is 3.65. The molecule has 0 bridgehead atoms. The van der Waals surface area contributed by atoms with E-state index in [0.717, 1.165) is 0 Å². The molecule has 2 aromatic carbocycles. The molecule has 0 unspecified atom stereocenters. The van der Waals surface area contributed by atoms with Crippen LogP contribution in [0.15, 0.2) is 57.7 Å². The zero-order valence-electron chi connectivity index (χ0n) is 13.8. The van der Waals surface area contributed by atoms with E-state index in [2.05, 4.69) is 10.1 Å². The Labute approximate surface area is 146 Å². The normalized spacial score (nSPS) is 11.1. The van der Waals surface area contributed by atoms with Gasteiger partial charge in [-0.2, -0.15) is 9.67 Å². The van der Waals surface area contributed by atoms with E-state index in [9.17, 15) is 14.9 Å². The number of nitro groups is 1. The van der Waals surface area contributed by atoms with Crippen molar-refractivity contribution in [2.45, 2.75) is 13.3 Å². The molecule has 26 heavy (non-hydrogen) atoms. The molecule has 0 saturated carbocycles. The molecule has 2 aromatic heterocycles. The van der Waals surface area contributed by atoms with Crippen molar-refractivity contribution >= 4 is 16.8 Å². The molecule has 1 N–H and O–H groups in total. The number of hydrogen-bond acceptors (Lipinski definition) is 5. The molecule has 130 valence electrons. The van der Waals surface area contributed by atoms with Crippen LogP contribution in [-0.2, 0) is 6.42 Å². The van der Waals surface area contributed by atoms with Gasteiger partial charge in [-0.25, -0.2) is 0 Å². The summed E-state index contributed by atoms with van der Waals surface area (Å²) in [6.07, 6.45) is 0.274. The van der Waals surface area contributed by atoms with Crippen LogP contribution in [0.1, 0.15) is 16.8 Å². The van der Waals surface area contributed by atoms with E-state index in [0.29, 0.717) is 27.9 Å². The molecule has 0 radical (unpaired) electrons. The number of H-pyrrole nitrogens is 1. The minimum Gasteiger partial charge on any atom is -0.422 e. The van der Waals surface area contributed by atoms with E-state index in [1.165, 1.54) is 16.8 Å². The third-order valence-electron chi connectivity index (χ3n) is 4.17. The summed E-state index contributed by atoms with van der Waals surface area (Å²) in [6, 6.07) is 13.6. The van der Waals surface area contributed by atoms with Crippen molar-refractivity contribution in [3.05, 3.63) is 85.8 Å². The molecule has 0 amide bonds. The molecule has 0 spiro atoms. The standard InChI is InChI=1S/C18H14N4O4/c1-11-14(10-12-5-4-6-13(9-12)22(24)25)17(23)21(20-11)18-19-15-7-2-3-8-16(15)26-18/h2-9,20H,10H2,1H3. The Bertz CT molecular complexity index is 1150. The predicted molar refractivity (Wildman–Crippen MR) is 94.6 cm³/mol. The lowest BCUT2D eigenvalue weighted by Gasteiger charge is -1.99. The van der Waals surface area contributed by atoms with Crippen molar-refractivity contribution in [2.75, 3.05) is 0 Å². The summed E-state index contributed by atoms with van der Waals surface area (Å²) in [5, 5.41) is 13.9. The number of benzene rings is 2. The fourth-order valence-corrected chi connectivity index (χ4v) is 2.86. The van der Waals surface area contributed by atoms with Crippen LogP contribution in [0.5, 0.6) is 0 Å². The van der Waals surface area contributed by atoms with Gasteiger partial charge in [0.15, 0.2) is 5.58 Å². The number of oxazole rings is 1. The molecule has 0 saturated heterocycles. The van der Waals surface area contributed by atoms with Crippen LogP contribution >= 0.6 is 0 Å². The van der Waals surface area contributed by atoms with Crippen molar-refractivity contribution in [1.82, 2.24) is 14.8 Å². The lowest BCUT2D eigenvalue weighted by molar-refractivity contribution is -0.384. The molecule has 0 atom stereocenters. The first-order valence-corrected chi connectivity index (χ1v) is 7.92. The average Bonchev–Trinajstić information content (AvgIpc) is 3.18. The van der Waals surface area contributed by atoms with Crippen LogP contribution in [0.2, 0.25) is 0 Å². The van der Waals surface area contributed by atoms with Gasteiger partial charge in [0.2, 0.25) is 0 Å². The van der Waals surface area contributed by atoms with Gasteiger partial charge in [-0.05, 0) is 24.6 Å². The SMILES string of the molecule is Cc1[nH]n(-c2nc3ccccc3o2)c(=O)c1Cc1cccc([N+](=O)[O-])c1. The summed E-state index contributed by atoms with van der Waals surface area (Å²) < 4.78 is 6.89. The van der Waals surface area contributed by atoms with Crippen molar-refractivity contribution in [3.8, 4) is 6.01 Å². The number of aromatic amines is 1. The van der Waals surface area contributed by atoms with Crippen molar-refractivity contribution in [1.29, 1.82) is 0 Å². The second-order valence-electron chi connectivity index (χ2n) is 5.92. The molecule has 2 heterocycles. The Hall–Kier alpha value is -3.68. The zero-order chi connectivity index (χ0) is 18.3. The van der Waals surface area contributed by atoms with Crippen molar-refractivity contribution in [3.63, 3.8) is 0 Å². The summed E-state index contributed by atoms with van der Waals surface area (Å²) in [6.45, 7) is 1.77. The molecule has 0 aliphatic carbocycles. The van der Waals surface area contributed by atoms with Gasteiger partial charge in [-0.15, -0.1) is 0 Å². The highest BCUT2D eigenvalue weighted by atomic mass is 16.6. The number of nitrogens with one attached hydrogen (secondary N) is 1. The molecule has 0 aliphatic rings. The van der Waals surface area contributed by atoms with Gasteiger partial charge in [0.1, 0.15) is 5.52 Å². The number of fused-ring (bicyclic) bond motifs is 1. The molecular weight excluding hydrogens is 336 g/mol. The van der Waals surface area contributed by atoms with Gasteiger partial charge in [0.25, 0.3) is 11.2 Å². The van der Waals surface area contributed by atoms with E-state index in [4.69, 9.17) is 4.42 Å². The van der Waals surface area contributed by atoms with Gasteiger partial charge in [-0.1, -0.05) is 24.3 Å². The van der Waals surface area contributed by atoms with Crippen molar-refractivity contribution in [2.24, 2.45) is 0 Å². The van der Waals surface area contributed by atoms with Crippen LogP contribution in [0, 0.1) is 17.0 Å². The number of aryl methyl sites for hydroxylation is 1. The number of aromatic nitrogens is 3. The second kappa shape index (κ2) is 5.99. The number of nitro benzene ring substituents is 1. The summed E-state index contributed by atoms with van der Waals surface area (Å²) in [5.41, 5.74) is 2.79. The largest absolute Gasteiger partial charge is 0.422 e. The Morgan fingerprint density at radius 3 is 2.81 bits per heavy atom. The minimum atomic E-state index is -0.454. The highest BCUT2D eigenvalue weighted by Gasteiger charge is 2.17. The minimum absolute atomic E-state index is 0.00466. The molecule has 0 aliphatic heterocycles. The topological polar surface area (TPSA) is 107 Å². The number of non-ortho nitro benzene ring substituents is 1. The fourth-order valence-electron chi connectivity index (χ4n) is 2.86. The maximum absolute atomic E-state index is 12.8. The highest BCUT2D eigenvalue weighted by Crippen LogP contribution is 2.19. The fraction of sp³-hybridized carbons (Fsp3) is 0.111. The Morgan fingerprint density at radius 1 is 1.23 bits per heavy atom. The smallest absolute Gasteiger partial charge is 0.325 e. The first-order valence-electron chi connectivity index (χ1n) is 7.92. The van der Waals surface area contributed by atoms with E-state index >= 15 is 0 Å². The van der Waals surface area contributed by atoms with E-state index in [1.54, 1.807) is 31.2 Å². The maximum atomic E-state index is 12.8. The van der Waals surface area contributed by atoms with E-state index in [-0.39, 0.29) is 23.7 Å². The van der Waals surface area contributed by atoms with Gasteiger partial charge in [0, 0.05) is 29.8 Å². The monoisotopic (exact) mass is 350 g/mol. The van der Waals surface area contributed by atoms with Gasteiger partial charge in [0.05, 0.1) is 4.92 Å². The molecule has 8 heteroatoms. The number of rotatable bonds is 4. The Morgan fingerprint density at radius 2 is 2.04 bits per heavy atom. The Balaban J connectivity index is 1.74. The third-order valence-corrected chi connectivity index (χ3v) is 4.17. The lowest BCUT2D eigenvalue weighted by Crippen LogP contribution is -2.17. The molecule has 8 nitrogen and oxygen atoms in total. The van der Waals surface area contributed by atoms with Gasteiger partial charge in [-0.3, -0.25) is 20.0 Å². The summed E-state index contributed by atoms with van der Waals surface area (Å²) in [5.74, 6) is 0.